The highest BCUT2D eigenvalue weighted by atomic mass is 32.1. The summed E-state index contributed by atoms with van der Waals surface area (Å²) in [4.78, 5) is 33.0. The molecule has 0 aliphatic rings. The van der Waals surface area contributed by atoms with Crippen LogP contribution in [0.5, 0.6) is 11.5 Å². The van der Waals surface area contributed by atoms with Crippen LogP contribution >= 0.6 is 11.3 Å². The highest BCUT2D eigenvalue weighted by Gasteiger charge is 2.24. The number of thiophene rings is 1. The predicted octanol–water partition coefficient (Wildman–Crippen LogP) is 6.74. The van der Waals surface area contributed by atoms with Crippen LogP contribution in [-0.2, 0) is 22.6 Å². The number of benzene rings is 1. The minimum atomic E-state index is -0.00976. The number of hydrogen-bond acceptors (Lipinski definition) is 5. The fraction of sp³-hybridized carbons (Fsp3) is 0.613. The molecule has 0 saturated carbocycles. The Morgan fingerprint density at radius 3 is 2.26 bits per heavy atom. The first-order valence-corrected chi connectivity index (χ1v) is 14.6. The molecule has 1 aromatic heterocycles. The Morgan fingerprint density at radius 1 is 0.974 bits per heavy atom. The van der Waals surface area contributed by atoms with Crippen LogP contribution in [-0.4, -0.2) is 55.5 Å². The van der Waals surface area contributed by atoms with Gasteiger partial charge in [0.15, 0.2) is 11.5 Å². The fourth-order valence-corrected chi connectivity index (χ4v) is 5.71. The molecule has 2 aromatic rings. The third kappa shape index (κ3) is 10.7. The van der Waals surface area contributed by atoms with Crippen LogP contribution in [0.3, 0.4) is 0 Å². The van der Waals surface area contributed by atoms with Gasteiger partial charge in [0.05, 0.1) is 27.3 Å². The molecule has 7 heteroatoms. The van der Waals surface area contributed by atoms with E-state index in [1.807, 2.05) is 23.1 Å². The summed E-state index contributed by atoms with van der Waals surface area (Å²) in [6.45, 7) is 14.8. The molecule has 0 fully saturated rings. The number of unbranched alkanes of at least 4 members (excludes halogenated alkanes) is 1. The molecule has 2 rings (SSSR count). The van der Waals surface area contributed by atoms with Gasteiger partial charge in [-0.05, 0) is 67.3 Å². The molecule has 1 unspecified atom stereocenters. The number of carbonyl (C=O) groups is 2. The van der Waals surface area contributed by atoms with Gasteiger partial charge in [0.25, 0.3) is 0 Å². The highest BCUT2D eigenvalue weighted by molar-refractivity contribution is 7.11. The second kappa shape index (κ2) is 15.2. The Morgan fingerprint density at radius 2 is 1.68 bits per heavy atom. The van der Waals surface area contributed by atoms with Crippen LogP contribution in [0.4, 0.5) is 0 Å². The molecule has 6 nitrogen and oxygen atoms in total. The molecule has 0 radical (unpaired) electrons. The maximum absolute atomic E-state index is 13.7. The number of nitrogens with zero attached hydrogens (tertiary/aromatic N) is 2. The molecule has 0 spiro atoms. The van der Waals surface area contributed by atoms with Gasteiger partial charge in [0.1, 0.15) is 0 Å². The van der Waals surface area contributed by atoms with Crippen molar-refractivity contribution >= 4 is 23.2 Å². The Kier molecular flexibility index (Phi) is 12.6. The van der Waals surface area contributed by atoms with Gasteiger partial charge < -0.3 is 19.3 Å². The number of hydrogen-bond donors (Lipinski definition) is 0. The molecular formula is C31H48N2O4S. The lowest BCUT2D eigenvalue weighted by molar-refractivity contribution is -0.141. The summed E-state index contributed by atoms with van der Waals surface area (Å²) >= 11 is 1.71. The topological polar surface area (TPSA) is 59.1 Å². The van der Waals surface area contributed by atoms with Crippen molar-refractivity contribution in [3.05, 3.63) is 45.6 Å². The zero-order chi connectivity index (χ0) is 28.3. The summed E-state index contributed by atoms with van der Waals surface area (Å²) in [5.41, 5.74) is 1.24. The number of methoxy groups -OCH3 is 2. The van der Waals surface area contributed by atoms with Gasteiger partial charge >= 0.3 is 0 Å². The van der Waals surface area contributed by atoms with Gasteiger partial charge in [0.2, 0.25) is 11.8 Å². The molecule has 1 atom stereocenters. The van der Waals surface area contributed by atoms with E-state index in [-0.39, 0.29) is 29.7 Å². The van der Waals surface area contributed by atoms with Crippen LogP contribution in [0.25, 0.3) is 0 Å². The SMILES string of the molecule is CCCCN(CC(=O)N(CCc1ccc(OC)c(OC)c1)Cc1ccc(C)s1)C(=O)CC(C)CC(C)(C)C. The monoisotopic (exact) mass is 544 g/mol. The van der Waals surface area contributed by atoms with Crippen LogP contribution in [0, 0.1) is 18.3 Å². The van der Waals surface area contributed by atoms with E-state index in [0.29, 0.717) is 44.0 Å². The second-order valence-electron chi connectivity index (χ2n) is 11.5. The van der Waals surface area contributed by atoms with E-state index in [2.05, 4.69) is 53.7 Å². The molecule has 0 saturated heterocycles. The minimum absolute atomic E-state index is 0.00976. The average Bonchev–Trinajstić information content (AvgIpc) is 3.26. The van der Waals surface area contributed by atoms with Gasteiger partial charge in [-0.3, -0.25) is 9.59 Å². The zero-order valence-corrected chi connectivity index (χ0v) is 25.6. The maximum Gasteiger partial charge on any atom is 0.242 e. The number of aryl methyl sites for hydroxylation is 1. The van der Waals surface area contributed by atoms with Crippen molar-refractivity contribution in [1.29, 1.82) is 0 Å². The summed E-state index contributed by atoms with van der Waals surface area (Å²) in [6, 6.07) is 10.0. The van der Waals surface area contributed by atoms with Crippen LogP contribution in [0.2, 0.25) is 0 Å². The first-order valence-electron chi connectivity index (χ1n) is 13.8. The molecule has 2 amide bonds. The van der Waals surface area contributed by atoms with Crippen molar-refractivity contribution in [2.75, 3.05) is 33.9 Å². The van der Waals surface area contributed by atoms with Crippen molar-refractivity contribution in [1.82, 2.24) is 9.80 Å². The molecule has 0 aliphatic carbocycles. The van der Waals surface area contributed by atoms with Crippen molar-refractivity contribution < 1.29 is 19.1 Å². The highest BCUT2D eigenvalue weighted by Crippen LogP contribution is 2.28. The van der Waals surface area contributed by atoms with E-state index in [9.17, 15) is 9.59 Å². The molecule has 0 bridgehead atoms. The van der Waals surface area contributed by atoms with E-state index >= 15 is 0 Å². The molecule has 1 heterocycles. The lowest BCUT2D eigenvalue weighted by atomic mass is 9.84. The molecule has 0 N–H and O–H groups in total. The third-order valence-corrected chi connectivity index (χ3v) is 7.54. The van der Waals surface area contributed by atoms with Gasteiger partial charge in [-0.1, -0.05) is 47.1 Å². The maximum atomic E-state index is 13.7. The number of carbonyl (C=O) groups excluding carboxylic acids is 2. The van der Waals surface area contributed by atoms with Gasteiger partial charge in [-0.15, -0.1) is 11.3 Å². The summed E-state index contributed by atoms with van der Waals surface area (Å²) in [5.74, 6) is 1.71. The molecule has 0 aliphatic heterocycles. The van der Waals surface area contributed by atoms with Crippen molar-refractivity contribution in [3.63, 3.8) is 0 Å². The Labute approximate surface area is 234 Å². The summed E-state index contributed by atoms with van der Waals surface area (Å²) < 4.78 is 10.8. The van der Waals surface area contributed by atoms with Gasteiger partial charge in [-0.2, -0.15) is 0 Å². The van der Waals surface area contributed by atoms with E-state index in [1.165, 1.54) is 4.88 Å². The quantitative estimate of drug-likeness (QED) is 0.249. The Balaban J connectivity index is 2.17. The number of rotatable bonds is 15. The lowest BCUT2D eigenvalue weighted by Gasteiger charge is -2.29. The summed E-state index contributed by atoms with van der Waals surface area (Å²) in [5, 5.41) is 0. The van der Waals surface area contributed by atoms with Gasteiger partial charge in [0, 0.05) is 29.3 Å². The van der Waals surface area contributed by atoms with Crippen molar-refractivity contribution in [3.8, 4) is 11.5 Å². The second-order valence-corrected chi connectivity index (χ2v) is 12.9. The average molecular weight is 545 g/mol. The standard InChI is InChI=1S/C31H48N2O4S/c1-9-10-16-32(29(34)18-23(2)20-31(4,5)6)22-30(35)33(21-26-13-11-24(3)38-26)17-15-25-12-14-27(36-7)28(19-25)37-8/h11-14,19,23H,9-10,15-18,20-22H2,1-8H3. The first kappa shape index (κ1) is 31.7. The third-order valence-electron chi connectivity index (χ3n) is 6.56. The normalized spacial score (nSPS) is 12.2. The minimum Gasteiger partial charge on any atom is -0.493 e. The Hall–Kier alpha value is -2.54. The van der Waals surface area contributed by atoms with Crippen molar-refractivity contribution in [2.24, 2.45) is 11.3 Å². The van der Waals surface area contributed by atoms with Crippen molar-refractivity contribution in [2.45, 2.75) is 80.2 Å². The van der Waals surface area contributed by atoms with Crippen LogP contribution < -0.4 is 9.47 Å². The van der Waals surface area contributed by atoms with Gasteiger partial charge in [-0.25, -0.2) is 0 Å². The first-order chi connectivity index (χ1) is 17.9. The fourth-order valence-electron chi connectivity index (χ4n) is 4.80. The van der Waals surface area contributed by atoms with Crippen LogP contribution in [0.1, 0.15) is 75.6 Å². The summed E-state index contributed by atoms with van der Waals surface area (Å²) in [7, 11) is 3.25. The van der Waals surface area contributed by atoms with E-state index < -0.39 is 0 Å². The molecule has 1 aromatic carbocycles. The predicted molar refractivity (Wildman–Crippen MR) is 157 cm³/mol. The lowest BCUT2D eigenvalue weighted by Crippen LogP contribution is -2.44. The molecule has 212 valence electrons. The van der Waals surface area contributed by atoms with E-state index in [4.69, 9.17) is 9.47 Å². The van der Waals surface area contributed by atoms with E-state index in [0.717, 1.165) is 29.7 Å². The van der Waals surface area contributed by atoms with Crippen LogP contribution in [0.15, 0.2) is 30.3 Å². The largest absolute Gasteiger partial charge is 0.493 e. The number of ether oxygens (including phenoxy) is 2. The summed E-state index contributed by atoms with van der Waals surface area (Å²) in [6.07, 6.45) is 4.00. The molecular weight excluding hydrogens is 496 g/mol. The number of amides is 2. The van der Waals surface area contributed by atoms with E-state index in [1.54, 1.807) is 30.5 Å². The zero-order valence-electron chi connectivity index (χ0n) is 24.8. The smallest absolute Gasteiger partial charge is 0.242 e. The Bertz CT molecular complexity index is 1030. The molecule has 38 heavy (non-hydrogen) atoms.